The molecule has 0 aromatic heterocycles. The number of carbonyl (C=O) groups excluding carboxylic acids is 1. The summed E-state index contributed by atoms with van der Waals surface area (Å²) in [5, 5.41) is 28.5. The van der Waals surface area contributed by atoms with Crippen molar-refractivity contribution in [3.8, 4) is 11.5 Å². The van der Waals surface area contributed by atoms with Crippen LogP contribution in [0.1, 0.15) is 42.5 Å². The van der Waals surface area contributed by atoms with Crippen molar-refractivity contribution in [2.45, 2.75) is 37.4 Å². The molecule has 9 heteroatoms. The van der Waals surface area contributed by atoms with Crippen molar-refractivity contribution < 1.29 is 34.1 Å². The smallest absolute Gasteiger partial charge is 0.335 e. The maximum atomic E-state index is 11.5. The van der Waals surface area contributed by atoms with Crippen molar-refractivity contribution in [2.24, 2.45) is 0 Å². The van der Waals surface area contributed by atoms with Crippen molar-refractivity contribution in [1.29, 1.82) is 0 Å². The van der Waals surface area contributed by atoms with E-state index in [1.165, 1.54) is 18.6 Å². The van der Waals surface area contributed by atoms with E-state index in [4.69, 9.17) is 14.9 Å². The Kier molecular flexibility index (Phi) is 11.3. The van der Waals surface area contributed by atoms with Gasteiger partial charge in [0.1, 0.15) is 18.9 Å². The minimum absolute atomic E-state index is 0.0306. The number of esters is 1. The molecule has 0 bridgehead atoms. The van der Waals surface area contributed by atoms with Gasteiger partial charge >= 0.3 is 11.9 Å². The molecule has 1 aliphatic heterocycles. The molecule has 2 rings (SSSR count). The Morgan fingerprint density at radius 3 is 2.55 bits per heavy atom. The highest BCUT2D eigenvalue weighted by atomic mass is 33.1. The predicted octanol–water partition coefficient (Wildman–Crippen LogP) is 3.11. The number of aromatic hydroxyl groups is 1. The maximum absolute atomic E-state index is 11.5. The van der Waals surface area contributed by atoms with Crippen LogP contribution in [0.3, 0.4) is 0 Å². The van der Waals surface area contributed by atoms with Crippen LogP contribution >= 0.6 is 21.6 Å². The van der Waals surface area contributed by atoms with Gasteiger partial charge in [0.05, 0.1) is 26.7 Å². The number of nitrogens with zero attached hydrogens (tertiary/aromatic N) is 1. The van der Waals surface area contributed by atoms with Gasteiger partial charge in [0.15, 0.2) is 0 Å². The maximum Gasteiger partial charge on any atom is 0.335 e. The van der Waals surface area contributed by atoms with Gasteiger partial charge in [-0.3, -0.25) is 4.79 Å². The zero-order valence-corrected chi connectivity index (χ0v) is 18.9. The average Bonchev–Trinajstić information content (AvgIpc) is 3.14. The Morgan fingerprint density at radius 1 is 1.28 bits per heavy atom. The van der Waals surface area contributed by atoms with E-state index in [2.05, 4.69) is 21.1 Å². The van der Waals surface area contributed by atoms with Crippen LogP contribution in [0.4, 0.5) is 0 Å². The number of phenolic OH excluding ortho intramolecular Hbond substituents is 1. The number of likely N-dealkylation sites (N-methyl/N-ethyl adjacent to an activating group) is 1. The quantitative estimate of drug-likeness (QED) is 0.258. The summed E-state index contributed by atoms with van der Waals surface area (Å²) < 4.78 is 6.06. The molecule has 164 valence electrons. The fourth-order valence-corrected chi connectivity index (χ4v) is 5.39. The molecular formula is C20H31NO6S2. The first kappa shape index (κ1) is 25.5. The first-order valence-corrected chi connectivity index (χ1v) is 11.9. The Hall–Kier alpha value is -1.58. The molecule has 1 heterocycles. The monoisotopic (exact) mass is 445 g/mol. The summed E-state index contributed by atoms with van der Waals surface area (Å²) >= 11 is 0. The lowest BCUT2D eigenvalue weighted by Crippen LogP contribution is -2.38. The Labute approximate surface area is 180 Å². The number of benzene rings is 1. The fraction of sp³-hybridized carbons (Fsp3) is 0.600. The molecule has 0 radical (unpaired) electrons. The molecule has 0 spiro atoms. The second-order valence-corrected chi connectivity index (χ2v) is 10.6. The van der Waals surface area contributed by atoms with Gasteiger partial charge in [-0.05, 0) is 31.4 Å². The van der Waals surface area contributed by atoms with Crippen molar-refractivity contribution in [2.75, 3.05) is 40.0 Å². The number of ether oxygens (including phenoxy) is 1. The van der Waals surface area contributed by atoms with Crippen LogP contribution in [0.2, 0.25) is 0 Å². The lowest BCUT2D eigenvalue weighted by molar-refractivity contribution is -0.870. The second kappa shape index (κ2) is 12.9. The van der Waals surface area contributed by atoms with Gasteiger partial charge in [-0.15, -0.1) is 0 Å². The van der Waals surface area contributed by atoms with Crippen molar-refractivity contribution in [3.63, 3.8) is 0 Å². The third kappa shape index (κ3) is 11.9. The van der Waals surface area contributed by atoms with E-state index in [0.717, 1.165) is 47.3 Å². The number of quaternary nitrogens is 1. The van der Waals surface area contributed by atoms with Gasteiger partial charge in [-0.1, -0.05) is 39.8 Å². The molecule has 7 nitrogen and oxygen atoms in total. The van der Waals surface area contributed by atoms with Crippen molar-refractivity contribution in [1.82, 2.24) is 0 Å². The minimum Gasteiger partial charge on any atom is -0.870 e. The highest BCUT2D eigenvalue weighted by molar-refractivity contribution is 8.77. The molecule has 1 atom stereocenters. The minimum atomic E-state index is -1.17. The number of carboxylic acid groups (broad SMARTS) is 1. The van der Waals surface area contributed by atoms with E-state index in [-0.39, 0.29) is 11.5 Å². The summed E-state index contributed by atoms with van der Waals surface area (Å²) in [7, 11) is 10.3. The van der Waals surface area contributed by atoms with Gasteiger partial charge in [0.2, 0.25) is 0 Å². The second-order valence-electron chi connectivity index (χ2n) is 7.80. The average molecular weight is 446 g/mol. The Balaban J connectivity index is 0.000000326. The molecule has 1 aromatic carbocycles. The number of phenols is 1. The molecule has 0 amide bonds. The number of rotatable bonds is 9. The summed E-state index contributed by atoms with van der Waals surface area (Å²) in [5.74, 6) is -1.01. The van der Waals surface area contributed by atoms with Crippen molar-refractivity contribution >= 4 is 33.5 Å². The van der Waals surface area contributed by atoms with Gasteiger partial charge in [-0.2, -0.15) is 0 Å². The van der Waals surface area contributed by atoms with Crippen molar-refractivity contribution in [3.05, 3.63) is 23.8 Å². The highest BCUT2D eigenvalue weighted by Gasteiger charge is 2.16. The Morgan fingerprint density at radius 2 is 2.00 bits per heavy atom. The van der Waals surface area contributed by atoms with Crippen LogP contribution in [0.5, 0.6) is 11.5 Å². The number of carbonyl (C=O) groups is 2. The molecule has 29 heavy (non-hydrogen) atoms. The number of aromatic carboxylic acids is 1. The predicted molar refractivity (Wildman–Crippen MR) is 115 cm³/mol. The van der Waals surface area contributed by atoms with Gasteiger partial charge in [-0.25, -0.2) is 4.79 Å². The molecule has 0 saturated carbocycles. The first-order chi connectivity index (χ1) is 13.6. The van der Waals surface area contributed by atoms with Crippen LogP contribution in [0.15, 0.2) is 18.2 Å². The molecule has 0 aliphatic carbocycles. The van der Waals surface area contributed by atoms with Crippen LogP contribution < -0.4 is 5.11 Å². The van der Waals surface area contributed by atoms with E-state index in [1.54, 1.807) is 0 Å². The zero-order valence-electron chi connectivity index (χ0n) is 17.3. The summed E-state index contributed by atoms with van der Waals surface area (Å²) in [5.41, 5.74) is -0.0953. The van der Waals surface area contributed by atoms with Gasteiger partial charge in [0, 0.05) is 17.4 Å². The molecule has 2 N–H and O–H groups in total. The summed E-state index contributed by atoms with van der Waals surface area (Å²) in [6.45, 7) is 1.42. The van der Waals surface area contributed by atoms with Gasteiger partial charge in [0.25, 0.3) is 0 Å². The number of unbranched alkanes of at least 4 members (excludes halogenated alkanes) is 1. The molecular weight excluding hydrogens is 414 g/mol. The lowest BCUT2D eigenvalue weighted by Gasteiger charge is -2.23. The molecule has 1 fully saturated rings. The number of carboxylic acids is 1. The third-order valence-corrected chi connectivity index (χ3v) is 7.12. The van der Waals surface area contributed by atoms with Crippen LogP contribution in [-0.4, -0.2) is 71.9 Å². The van der Waals surface area contributed by atoms with E-state index in [9.17, 15) is 14.7 Å². The third-order valence-electron chi connectivity index (χ3n) is 4.12. The lowest BCUT2D eigenvalue weighted by atomic mass is 10.1. The molecule has 1 aliphatic rings. The molecule has 1 unspecified atom stereocenters. The fourth-order valence-electron chi connectivity index (χ4n) is 2.36. The normalized spacial score (nSPS) is 16.0. The van der Waals surface area contributed by atoms with Crippen LogP contribution in [0, 0.1) is 0 Å². The van der Waals surface area contributed by atoms with E-state index in [0.29, 0.717) is 13.0 Å². The molecule has 1 aromatic rings. The van der Waals surface area contributed by atoms with E-state index < -0.39 is 17.5 Å². The summed E-state index contributed by atoms with van der Waals surface area (Å²) in [4.78, 5) is 21.7. The number of hydrogen-bond donors (Lipinski definition) is 2. The zero-order chi connectivity index (χ0) is 21.9. The molecule has 1 saturated heterocycles. The highest BCUT2D eigenvalue weighted by Crippen LogP contribution is 2.39. The van der Waals surface area contributed by atoms with Gasteiger partial charge < -0.3 is 24.5 Å². The topological polar surface area (TPSA) is 107 Å². The van der Waals surface area contributed by atoms with E-state index >= 15 is 0 Å². The first-order valence-electron chi connectivity index (χ1n) is 9.56. The van der Waals surface area contributed by atoms with Crippen LogP contribution in [-0.2, 0) is 9.53 Å². The standard InChI is InChI=1S/C13H26NO2S2.C7H6O4/c1-14(2,3)9-10-16-13(15)7-5-4-6-12-8-11-17-18-12;8-5-2-1-4(7(10)11)3-6(5)9/h12H,4-11H2,1-3H3;1-3,8-9H,(H,10,11)/q+1;/p-1. The summed E-state index contributed by atoms with van der Waals surface area (Å²) in [6, 6.07) is 3.08. The SMILES string of the molecule is C[N+](C)(C)CCOC(=O)CCCCC1CCSS1.O=C(O)c1ccc([O-])c(O)c1. The van der Waals surface area contributed by atoms with E-state index in [1.807, 2.05) is 21.6 Å². The largest absolute Gasteiger partial charge is 0.870 e. The van der Waals surface area contributed by atoms with Crippen LogP contribution in [0.25, 0.3) is 0 Å². The Bertz CT molecular complexity index is 657. The number of hydrogen-bond acceptors (Lipinski definition) is 7. The summed E-state index contributed by atoms with van der Waals surface area (Å²) in [6.07, 6.45) is 5.31.